The highest BCUT2D eigenvalue weighted by Gasteiger charge is 2.25. The fourth-order valence-electron chi connectivity index (χ4n) is 3.44. The Balaban J connectivity index is 1.59. The number of nitrogens with zero attached hydrogens (tertiary/aromatic N) is 2. The number of halogens is 2. The summed E-state index contributed by atoms with van der Waals surface area (Å²) in [6.45, 7) is 3.90. The van der Waals surface area contributed by atoms with Gasteiger partial charge in [0.15, 0.2) is 0 Å². The summed E-state index contributed by atoms with van der Waals surface area (Å²) in [5, 5.41) is 5.84. The van der Waals surface area contributed by atoms with Crippen LogP contribution in [-0.2, 0) is 16.1 Å². The molecule has 0 saturated carbocycles. The van der Waals surface area contributed by atoms with Gasteiger partial charge in [-0.05, 0) is 36.4 Å². The molecular formula is C22H26ClFN4O2. The first-order valence-electron chi connectivity index (χ1n) is 9.91. The standard InChI is InChI=1S/C22H26ClFN4O2/c1-27-10-12-28(13-11-27)20(16-6-8-18(24)9-7-16)15-26-22(30)21(29)25-14-17-4-2-3-5-19(17)23/h2-9,20H,10-15H2,1H3,(H,25,29)(H,26,30). The van der Waals surface area contributed by atoms with E-state index in [0.29, 0.717) is 5.02 Å². The predicted octanol–water partition coefficient (Wildman–Crippen LogP) is 2.20. The van der Waals surface area contributed by atoms with E-state index in [4.69, 9.17) is 11.6 Å². The second-order valence-corrected chi connectivity index (χ2v) is 7.80. The molecule has 1 saturated heterocycles. The van der Waals surface area contributed by atoms with Gasteiger partial charge < -0.3 is 15.5 Å². The first-order valence-corrected chi connectivity index (χ1v) is 10.3. The van der Waals surface area contributed by atoms with Gasteiger partial charge >= 0.3 is 11.8 Å². The molecule has 2 N–H and O–H groups in total. The summed E-state index contributed by atoms with van der Waals surface area (Å²) in [4.78, 5) is 29.0. The zero-order valence-electron chi connectivity index (χ0n) is 16.9. The maximum Gasteiger partial charge on any atom is 0.309 e. The molecule has 0 radical (unpaired) electrons. The van der Waals surface area contributed by atoms with Crippen LogP contribution in [0.5, 0.6) is 0 Å². The van der Waals surface area contributed by atoms with Crippen molar-refractivity contribution < 1.29 is 14.0 Å². The minimum absolute atomic E-state index is 0.139. The average molecular weight is 433 g/mol. The quantitative estimate of drug-likeness (QED) is 0.687. The van der Waals surface area contributed by atoms with Crippen molar-refractivity contribution in [3.05, 3.63) is 70.5 Å². The number of carbonyl (C=O) groups is 2. The zero-order valence-corrected chi connectivity index (χ0v) is 17.7. The third-order valence-electron chi connectivity index (χ3n) is 5.29. The van der Waals surface area contributed by atoms with Crippen LogP contribution in [0.15, 0.2) is 48.5 Å². The summed E-state index contributed by atoms with van der Waals surface area (Å²) in [6.07, 6.45) is 0. The SMILES string of the molecule is CN1CCN(C(CNC(=O)C(=O)NCc2ccccc2Cl)c2ccc(F)cc2)CC1. The van der Waals surface area contributed by atoms with E-state index in [-0.39, 0.29) is 24.9 Å². The van der Waals surface area contributed by atoms with E-state index in [2.05, 4.69) is 27.5 Å². The van der Waals surface area contributed by atoms with Crippen molar-refractivity contribution in [3.8, 4) is 0 Å². The van der Waals surface area contributed by atoms with E-state index < -0.39 is 11.8 Å². The number of rotatable bonds is 6. The Morgan fingerprint density at radius 2 is 1.63 bits per heavy atom. The Morgan fingerprint density at radius 3 is 2.30 bits per heavy atom. The molecule has 8 heteroatoms. The van der Waals surface area contributed by atoms with Gasteiger partial charge in [-0.25, -0.2) is 4.39 Å². The number of carbonyl (C=O) groups excluding carboxylic acids is 2. The molecule has 1 atom stereocenters. The summed E-state index contributed by atoms with van der Waals surface area (Å²) in [6, 6.07) is 13.3. The number of hydrogen-bond acceptors (Lipinski definition) is 4. The van der Waals surface area contributed by atoms with E-state index in [0.717, 1.165) is 37.3 Å². The van der Waals surface area contributed by atoms with Crippen molar-refractivity contribution in [1.29, 1.82) is 0 Å². The molecule has 3 rings (SSSR count). The Kier molecular flexibility index (Phi) is 7.79. The summed E-state index contributed by atoms with van der Waals surface area (Å²) in [5.41, 5.74) is 1.64. The van der Waals surface area contributed by atoms with Crippen LogP contribution >= 0.6 is 11.6 Å². The van der Waals surface area contributed by atoms with Crippen molar-refractivity contribution in [2.24, 2.45) is 0 Å². The van der Waals surface area contributed by atoms with Crippen LogP contribution in [0.4, 0.5) is 4.39 Å². The highest BCUT2D eigenvalue weighted by molar-refractivity contribution is 6.35. The second-order valence-electron chi connectivity index (χ2n) is 7.39. The normalized spacial score (nSPS) is 16.1. The van der Waals surface area contributed by atoms with Crippen LogP contribution in [0.1, 0.15) is 17.2 Å². The van der Waals surface area contributed by atoms with E-state index in [1.807, 2.05) is 6.07 Å². The van der Waals surface area contributed by atoms with Crippen LogP contribution in [0, 0.1) is 5.82 Å². The topological polar surface area (TPSA) is 64.7 Å². The third kappa shape index (κ3) is 6.01. The van der Waals surface area contributed by atoms with Crippen molar-refractivity contribution in [1.82, 2.24) is 20.4 Å². The number of likely N-dealkylation sites (N-methyl/N-ethyl adjacent to an activating group) is 1. The number of benzene rings is 2. The molecule has 30 heavy (non-hydrogen) atoms. The molecule has 1 fully saturated rings. The van der Waals surface area contributed by atoms with Gasteiger partial charge in [0.25, 0.3) is 0 Å². The lowest BCUT2D eigenvalue weighted by Crippen LogP contribution is -2.49. The highest BCUT2D eigenvalue weighted by Crippen LogP contribution is 2.22. The molecule has 0 aliphatic carbocycles. The van der Waals surface area contributed by atoms with Crippen molar-refractivity contribution in [3.63, 3.8) is 0 Å². The van der Waals surface area contributed by atoms with Gasteiger partial charge in [-0.2, -0.15) is 0 Å². The molecule has 1 aliphatic rings. The molecule has 2 aromatic carbocycles. The Morgan fingerprint density at radius 1 is 1.00 bits per heavy atom. The molecule has 0 spiro atoms. The molecule has 1 aliphatic heterocycles. The molecule has 6 nitrogen and oxygen atoms in total. The Hall–Kier alpha value is -2.48. The molecular weight excluding hydrogens is 407 g/mol. The highest BCUT2D eigenvalue weighted by atomic mass is 35.5. The maximum absolute atomic E-state index is 13.4. The van der Waals surface area contributed by atoms with Gasteiger partial charge in [0.2, 0.25) is 0 Å². The van der Waals surface area contributed by atoms with Gasteiger partial charge in [-0.3, -0.25) is 14.5 Å². The van der Waals surface area contributed by atoms with Crippen LogP contribution in [0.2, 0.25) is 5.02 Å². The molecule has 2 aromatic rings. The summed E-state index contributed by atoms with van der Waals surface area (Å²) >= 11 is 6.08. The van der Waals surface area contributed by atoms with E-state index in [9.17, 15) is 14.0 Å². The number of amides is 2. The van der Waals surface area contributed by atoms with Crippen LogP contribution in [0.25, 0.3) is 0 Å². The van der Waals surface area contributed by atoms with Crippen molar-refractivity contribution in [2.45, 2.75) is 12.6 Å². The second kappa shape index (κ2) is 10.5. The Bertz CT molecular complexity index is 870. The van der Waals surface area contributed by atoms with E-state index >= 15 is 0 Å². The third-order valence-corrected chi connectivity index (χ3v) is 5.66. The van der Waals surface area contributed by atoms with Gasteiger partial charge in [-0.15, -0.1) is 0 Å². The minimum atomic E-state index is -0.717. The lowest BCUT2D eigenvalue weighted by Gasteiger charge is -2.38. The molecule has 160 valence electrons. The first kappa shape index (κ1) is 22.2. The molecule has 0 aromatic heterocycles. The smallest absolute Gasteiger partial charge is 0.309 e. The van der Waals surface area contributed by atoms with Gasteiger partial charge in [0.1, 0.15) is 5.82 Å². The molecule has 2 amide bonds. The van der Waals surface area contributed by atoms with E-state index in [1.165, 1.54) is 12.1 Å². The molecule has 0 bridgehead atoms. The minimum Gasteiger partial charge on any atom is -0.346 e. The van der Waals surface area contributed by atoms with E-state index in [1.54, 1.807) is 30.3 Å². The summed E-state index contributed by atoms with van der Waals surface area (Å²) in [7, 11) is 2.06. The lowest BCUT2D eigenvalue weighted by atomic mass is 10.0. The summed E-state index contributed by atoms with van der Waals surface area (Å²) < 4.78 is 13.4. The summed E-state index contributed by atoms with van der Waals surface area (Å²) in [5.74, 6) is -1.73. The molecule has 1 heterocycles. The predicted molar refractivity (Wildman–Crippen MR) is 115 cm³/mol. The Labute approximate surface area is 181 Å². The van der Waals surface area contributed by atoms with Gasteiger partial charge in [0.05, 0.1) is 6.04 Å². The van der Waals surface area contributed by atoms with Crippen molar-refractivity contribution >= 4 is 23.4 Å². The fourth-order valence-corrected chi connectivity index (χ4v) is 3.65. The zero-order chi connectivity index (χ0) is 21.5. The number of piperazine rings is 1. The number of hydrogen-bond donors (Lipinski definition) is 2. The van der Waals surface area contributed by atoms with Crippen LogP contribution in [-0.4, -0.2) is 61.4 Å². The monoisotopic (exact) mass is 432 g/mol. The number of nitrogens with one attached hydrogen (secondary N) is 2. The van der Waals surface area contributed by atoms with Gasteiger partial charge in [-0.1, -0.05) is 41.9 Å². The van der Waals surface area contributed by atoms with Crippen molar-refractivity contribution in [2.75, 3.05) is 39.8 Å². The van der Waals surface area contributed by atoms with Gasteiger partial charge in [0, 0.05) is 44.3 Å². The van der Waals surface area contributed by atoms with Crippen LogP contribution < -0.4 is 10.6 Å². The van der Waals surface area contributed by atoms with Crippen LogP contribution in [0.3, 0.4) is 0 Å². The average Bonchev–Trinajstić information content (AvgIpc) is 2.75. The molecule has 1 unspecified atom stereocenters. The maximum atomic E-state index is 13.4. The lowest BCUT2D eigenvalue weighted by molar-refractivity contribution is -0.139. The fraction of sp³-hybridized carbons (Fsp3) is 0.364. The first-order chi connectivity index (χ1) is 14.4. The largest absolute Gasteiger partial charge is 0.346 e.